The van der Waals surface area contributed by atoms with Crippen LogP contribution >= 0.6 is 0 Å². The van der Waals surface area contributed by atoms with E-state index in [4.69, 9.17) is 14.0 Å². The van der Waals surface area contributed by atoms with Crippen LogP contribution in [0.4, 0.5) is 14.5 Å². The minimum absolute atomic E-state index is 0.0719. The summed E-state index contributed by atoms with van der Waals surface area (Å²) in [5.74, 6) is -1.17. The third-order valence-corrected chi connectivity index (χ3v) is 4.85. The van der Waals surface area contributed by atoms with E-state index in [1.54, 1.807) is 18.2 Å². The first kappa shape index (κ1) is 20.5. The number of hydrazone groups is 1. The fourth-order valence-corrected chi connectivity index (χ4v) is 3.34. The maximum Gasteiger partial charge on any atom is 0.274 e. The van der Waals surface area contributed by atoms with Gasteiger partial charge in [-0.05, 0) is 30.3 Å². The number of amides is 2. The highest BCUT2D eigenvalue weighted by Gasteiger charge is 2.27. The van der Waals surface area contributed by atoms with Crippen molar-refractivity contribution in [3.8, 4) is 22.9 Å². The number of fused-ring (bicyclic) bond motifs is 1. The monoisotopic (exact) mass is 455 g/mol. The normalized spacial score (nSPS) is 14.9. The smallest absolute Gasteiger partial charge is 0.274 e. The first-order valence-corrected chi connectivity index (χ1v) is 9.82. The lowest BCUT2D eigenvalue weighted by Crippen LogP contribution is -2.38. The van der Waals surface area contributed by atoms with Gasteiger partial charge < -0.3 is 19.3 Å². The quantitative estimate of drug-likeness (QED) is 0.628. The zero-order chi connectivity index (χ0) is 22.9. The Hall–Kier alpha value is -4.35. The highest BCUT2D eigenvalue weighted by Crippen LogP contribution is 2.35. The molecule has 168 valence electrons. The molecule has 0 unspecified atom stereocenters. The van der Waals surface area contributed by atoms with E-state index in [0.717, 1.165) is 17.1 Å². The Morgan fingerprint density at radius 3 is 2.67 bits per heavy atom. The summed E-state index contributed by atoms with van der Waals surface area (Å²) < 4.78 is 42.6. The number of hydrogen-bond acceptors (Lipinski definition) is 8. The second-order valence-corrected chi connectivity index (χ2v) is 7.20. The van der Waals surface area contributed by atoms with Crippen LogP contribution in [0.1, 0.15) is 18.7 Å². The molecule has 0 radical (unpaired) electrons. The van der Waals surface area contributed by atoms with Crippen molar-refractivity contribution in [3.63, 3.8) is 0 Å². The van der Waals surface area contributed by atoms with Gasteiger partial charge in [-0.3, -0.25) is 9.59 Å². The number of ether oxygens (including phenoxy) is 2. The molecular formula is C21H15F2N5O5. The van der Waals surface area contributed by atoms with Gasteiger partial charge in [0.25, 0.3) is 5.89 Å². The SMILES string of the molecule is O=C(CN1N=C(c2nc(-c3ccc4c(c3)OCO4)no2)CCC1=O)Nc1cc(F)cc(F)c1. The second kappa shape index (κ2) is 8.30. The molecule has 0 saturated heterocycles. The molecule has 0 atom stereocenters. The second-order valence-electron chi connectivity index (χ2n) is 7.20. The third-order valence-electron chi connectivity index (χ3n) is 4.85. The number of rotatable bonds is 5. The third kappa shape index (κ3) is 4.35. The number of aromatic nitrogens is 2. The fourth-order valence-electron chi connectivity index (χ4n) is 3.34. The molecule has 2 aliphatic rings. The number of anilines is 1. The van der Waals surface area contributed by atoms with Crippen LogP contribution in [0.25, 0.3) is 11.4 Å². The van der Waals surface area contributed by atoms with E-state index in [1.807, 2.05) is 0 Å². The van der Waals surface area contributed by atoms with Crippen LogP contribution in [0.2, 0.25) is 0 Å². The Bertz CT molecular complexity index is 1270. The number of halogens is 2. The van der Waals surface area contributed by atoms with Crippen LogP contribution in [-0.4, -0.2) is 46.0 Å². The maximum absolute atomic E-state index is 13.3. The molecule has 0 saturated carbocycles. The molecular weight excluding hydrogens is 440 g/mol. The van der Waals surface area contributed by atoms with Gasteiger partial charge in [-0.25, -0.2) is 13.8 Å². The Labute approximate surface area is 184 Å². The number of benzene rings is 2. The number of hydrogen-bond donors (Lipinski definition) is 1. The molecule has 1 aromatic heterocycles. The maximum atomic E-state index is 13.3. The van der Waals surface area contributed by atoms with E-state index < -0.39 is 30.0 Å². The average molecular weight is 455 g/mol. The van der Waals surface area contributed by atoms with Crippen molar-refractivity contribution in [2.75, 3.05) is 18.7 Å². The molecule has 2 aromatic carbocycles. The highest BCUT2D eigenvalue weighted by atomic mass is 19.1. The Balaban J connectivity index is 1.31. The summed E-state index contributed by atoms with van der Waals surface area (Å²) in [6.45, 7) is -0.317. The van der Waals surface area contributed by atoms with E-state index in [0.29, 0.717) is 34.7 Å². The lowest BCUT2D eigenvalue weighted by molar-refractivity contribution is -0.135. The number of nitrogens with zero attached hydrogens (tertiary/aromatic N) is 4. The van der Waals surface area contributed by atoms with E-state index >= 15 is 0 Å². The van der Waals surface area contributed by atoms with Crippen molar-refractivity contribution >= 4 is 23.2 Å². The Morgan fingerprint density at radius 2 is 1.85 bits per heavy atom. The predicted octanol–water partition coefficient (Wildman–Crippen LogP) is 2.71. The first-order chi connectivity index (χ1) is 15.9. The predicted molar refractivity (Wildman–Crippen MR) is 108 cm³/mol. The van der Waals surface area contributed by atoms with Gasteiger partial charge in [0, 0.05) is 30.2 Å². The van der Waals surface area contributed by atoms with E-state index in [2.05, 4.69) is 20.6 Å². The van der Waals surface area contributed by atoms with Crippen molar-refractivity contribution < 1.29 is 32.4 Å². The van der Waals surface area contributed by atoms with Gasteiger partial charge in [0.1, 0.15) is 23.9 Å². The van der Waals surface area contributed by atoms with Crippen molar-refractivity contribution in [3.05, 3.63) is 53.9 Å². The summed E-state index contributed by atoms with van der Waals surface area (Å²) in [5.41, 5.74) is 0.899. The standard InChI is InChI=1S/C21H15F2N5O5/c22-12-6-13(23)8-14(7-12)24-18(29)9-28-19(30)4-2-15(26-28)21-25-20(27-33-21)11-1-3-16-17(5-11)32-10-31-16/h1,3,5-8H,2,4,9-10H2,(H,24,29). The highest BCUT2D eigenvalue weighted by molar-refractivity contribution is 6.02. The lowest BCUT2D eigenvalue weighted by Gasteiger charge is -2.21. The van der Waals surface area contributed by atoms with Gasteiger partial charge >= 0.3 is 0 Å². The fraction of sp³-hybridized carbons (Fsp3) is 0.190. The molecule has 0 fully saturated rings. The van der Waals surface area contributed by atoms with E-state index in [-0.39, 0.29) is 31.2 Å². The summed E-state index contributed by atoms with van der Waals surface area (Å²) in [6, 6.07) is 7.81. The zero-order valence-corrected chi connectivity index (χ0v) is 16.9. The van der Waals surface area contributed by atoms with Crippen LogP contribution in [0.3, 0.4) is 0 Å². The van der Waals surface area contributed by atoms with Gasteiger partial charge in [0.2, 0.25) is 24.4 Å². The number of carbonyl (C=O) groups is 2. The molecule has 10 nitrogen and oxygen atoms in total. The Morgan fingerprint density at radius 1 is 1.06 bits per heavy atom. The average Bonchev–Trinajstić information content (AvgIpc) is 3.43. The molecule has 5 rings (SSSR count). The van der Waals surface area contributed by atoms with Crippen LogP contribution in [0.5, 0.6) is 11.5 Å². The summed E-state index contributed by atoms with van der Waals surface area (Å²) in [5, 5.41) is 11.4. The molecule has 3 heterocycles. The molecule has 0 aliphatic carbocycles. The van der Waals surface area contributed by atoms with Crippen LogP contribution in [0.15, 0.2) is 46.0 Å². The molecule has 2 aliphatic heterocycles. The molecule has 1 N–H and O–H groups in total. The number of nitrogens with one attached hydrogen (secondary N) is 1. The van der Waals surface area contributed by atoms with Gasteiger partial charge in [-0.15, -0.1) is 0 Å². The van der Waals surface area contributed by atoms with Gasteiger partial charge in [-0.2, -0.15) is 10.1 Å². The molecule has 2 amide bonds. The van der Waals surface area contributed by atoms with Crippen molar-refractivity contribution in [1.29, 1.82) is 0 Å². The van der Waals surface area contributed by atoms with E-state index in [9.17, 15) is 18.4 Å². The minimum atomic E-state index is -0.839. The Kier molecular flexibility index (Phi) is 5.17. The summed E-state index contributed by atoms with van der Waals surface area (Å²) in [4.78, 5) is 28.8. The molecule has 0 spiro atoms. The van der Waals surface area contributed by atoms with Crippen LogP contribution in [-0.2, 0) is 9.59 Å². The van der Waals surface area contributed by atoms with Crippen molar-refractivity contribution in [1.82, 2.24) is 15.1 Å². The minimum Gasteiger partial charge on any atom is -0.454 e. The molecule has 0 bridgehead atoms. The molecule has 12 heteroatoms. The summed E-state index contributed by atoms with van der Waals surface area (Å²) in [7, 11) is 0. The van der Waals surface area contributed by atoms with Crippen LogP contribution in [0, 0.1) is 11.6 Å². The van der Waals surface area contributed by atoms with Crippen LogP contribution < -0.4 is 14.8 Å². The zero-order valence-electron chi connectivity index (χ0n) is 16.9. The first-order valence-electron chi connectivity index (χ1n) is 9.82. The van der Waals surface area contributed by atoms with E-state index in [1.165, 1.54) is 0 Å². The largest absolute Gasteiger partial charge is 0.454 e. The molecule has 33 heavy (non-hydrogen) atoms. The molecule has 3 aromatic rings. The summed E-state index contributed by atoms with van der Waals surface area (Å²) in [6.07, 6.45) is 0.317. The lowest BCUT2D eigenvalue weighted by atomic mass is 10.1. The van der Waals surface area contributed by atoms with Gasteiger partial charge in [0.15, 0.2) is 11.5 Å². The topological polar surface area (TPSA) is 119 Å². The van der Waals surface area contributed by atoms with Crippen molar-refractivity contribution in [2.45, 2.75) is 12.8 Å². The number of carbonyl (C=O) groups excluding carboxylic acids is 2. The summed E-state index contributed by atoms with van der Waals surface area (Å²) >= 11 is 0. The van der Waals surface area contributed by atoms with Crippen molar-refractivity contribution in [2.24, 2.45) is 5.10 Å². The van der Waals surface area contributed by atoms with Gasteiger partial charge in [-0.1, -0.05) is 5.16 Å². The van der Waals surface area contributed by atoms with Gasteiger partial charge in [0.05, 0.1) is 0 Å².